The molecule has 1 aromatic rings. The van der Waals surface area contributed by atoms with E-state index in [1.54, 1.807) is 0 Å². The molecule has 182 valence electrons. The molecule has 0 aliphatic carbocycles. The summed E-state index contributed by atoms with van der Waals surface area (Å²) in [5.41, 5.74) is 1.38. The van der Waals surface area contributed by atoms with E-state index in [4.69, 9.17) is 0 Å². The number of urea groups is 1. The lowest BCUT2D eigenvalue weighted by Crippen LogP contribution is -2.53. The molecule has 0 radical (unpaired) electrons. The van der Waals surface area contributed by atoms with Crippen LogP contribution in [0, 0.1) is 5.92 Å². The Hall–Kier alpha value is -2.12. The molecule has 1 aromatic carbocycles. The second-order valence-corrected chi connectivity index (χ2v) is 10.2. The third-order valence-corrected chi connectivity index (χ3v) is 7.77. The minimum absolute atomic E-state index is 0.0436. The van der Waals surface area contributed by atoms with Crippen molar-refractivity contribution >= 4 is 11.9 Å². The van der Waals surface area contributed by atoms with E-state index in [0.29, 0.717) is 18.0 Å². The van der Waals surface area contributed by atoms with Crippen LogP contribution in [-0.4, -0.2) is 103 Å². The van der Waals surface area contributed by atoms with Crippen LogP contribution in [0.15, 0.2) is 30.3 Å². The third kappa shape index (κ3) is 6.48. The first kappa shape index (κ1) is 24.0. The number of carbonyl (C=O) groups excluding carboxylic acids is 2. The second kappa shape index (κ2) is 11.3. The van der Waals surface area contributed by atoms with Gasteiger partial charge in [-0.05, 0) is 51.0 Å². The fourth-order valence-electron chi connectivity index (χ4n) is 5.55. The van der Waals surface area contributed by atoms with Gasteiger partial charge in [-0.1, -0.05) is 30.3 Å². The maximum absolute atomic E-state index is 12.7. The largest absolute Gasteiger partial charge is 0.341 e. The van der Waals surface area contributed by atoms with Crippen LogP contribution in [0.3, 0.4) is 0 Å². The first-order valence-corrected chi connectivity index (χ1v) is 12.8. The number of benzene rings is 1. The van der Waals surface area contributed by atoms with Crippen molar-refractivity contribution in [3.63, 3.8) is 0 Å². The molecule has 3 saturated heterocycles. The minimum Gasteiger partial charge on any atom is -0.341 e. The predicted molar refractivity (Wildman–Crippen MR) is 131 cm³/mol. The summed E-state index contributed by atoms with van der Waals surface area (Å²) in [6.45, 7) is 12.1. The van der Waals surface area contributed by atoms with Gasteiger partial charge in [0.1, 0.15) is 0 Å². The Labute approximate surface area is 199 Å². The summed E-state index contributed by atoms with van der Waals surface area (Å²) in [5.74, 6) is 0.678. The van der Waals surface area contributed by atoms with Crippen LogP contribution in [0.4, 0.5) is 4.79 Å². The molecule has 4 rings (SSSR count). The van der Waals surface area contributed by atoms with E-state index in [1.807, 2.05) is 9.80 Å². The summed E-state index contributed by atoms with van der Waals surface area (Å²) >= 11 is 0. The topological polar surface area (TPSA) is 59.1 Å². The highest BCUT2D eigenvalue weighted by Gasteiger charge is 2.33. The number of rotatable bonds is 6. The van der Waals surface area contributed by atoms with Gasteiger partial charge in [-0.2, -0.15) is 0 Å². The minimum atomic E-state index is -0.0920. The van der Waals surface area contributed by atoms with Crippen molar-refractivity contribution in [1.29, 1.82) is 0 Å². The van der Waals surface area contributed by atoms with Crippen LogP contribution in [-0.2, 0) is 11.2 Å². The molecule has 0 aromatic heterocycles. The summed E-state index contributed by atoms with van der Waals surface area (Å²) in [7, 11) is 0. The van der Waals surface area contributed by atoms with E-state index in [2.05, 4.69) is 59.3 Å². The van der Waals surface area contributed by atoms with Gasteiger partial charge in [-0.25, -0.2) is 4.79 Å². The van der Waals surface area contributed by atoms with Gasteiger partial charge in [-0.15, -0.1) is 0 Å². The number of nitrogens with one attached hydrogen (secondary N) is 1. The Morgan fingerprint density at radius 3 is 2.24 bits per heavy atom. The average Bonchev–Trinajstić information content (AvgIpc) is 3.34. The molecule has 0 bridgehead atoms. The molecule has 1 unspecified atom stereocenters. The number of nitrogens with zero attached hydrogens (tertiary/aromatic N) is 4. The van der Waals surface area contributed by atoms with Crippen LogP contribution in [0.5, 0.6) is 0 Å². The van der Waals surface area contributed by atoms with Crippen molar-refractivity contribution in [2.24, 2.45) is 5.92 Å². The van der Waals surface area contributed by atoms with Crippen molar-refractivity contribution in [1.82, 2.24) is 24.9 Å². The molecular formula is C26H41N5O2. The molecule has 7 heteroatoms. The number of amides is 3. The van der Waals surface area contributed by atoms with E-state index in [0.717, 1.165) is 78.0 Å². The van der Waals surface area contributed by atoms with Crippen molar-refractivity contribution in [3.8, 4) is 0 Å². The maximum atomic E-state index is 12.7. The van der Waals surface area contributed by atoms with Crippen LogP contribution in [0.2, 0.25) is 0 Å². The molecule has 0 spiro atoms. The number of piperazine rings is 1. The van der Waals surface area contributed by atoms with Crippen molar-refractivity contribution in [2.45, 2.75) is 51.6 Å². The highest BCUT2D eigenvalue weighted by atomic mass is 16.2. The predicted octanol–water partition coefficient (Wildman–Crippen LogP) is 2.28. The van der Waals surface area contributed by atoms with Gasteiger partial charge in [0, 0.05) is 64.4 Å². The molecule has 33 heavy (non-hydrogen) atoms. The second-order valence-electron chi connectivity index (χ2n) is 10.2. The Bertz CT molecular complexity index is 770. The lowest BCUT2D eigenvalue weighted by Gasteiger charge is -2.39. The number of hydrogen-bond donors (Lipinski definition) is 1. The third-order valence-electron chi connectivity index (χ3n) is 7.77. The Kier molecular flexibility index (Phi) is 8.25. The molecule has 1 atom stereocenters. The van der Waals surface area contributed by atoms with Gasteiger partial charge in [0.2, 0.25) is 5.91 Å². The van der Waals surface area contributed by atoms with Crippen LogP contribution < -0.4 is 5.32 Å². The van der Waals surface area contributed by atoms with Crippen LogP contribution >= 0.6 is 0 Å². The van der Waals surface area contributed by atoms with Crippen LogP contribution in [0.25, 0.3) is 0 Å². The molecule has 1 N–H and O–H groups in total. The molecule has 0 saturated carbocycles. The lowest BCUT2D eigenvalue weighted by atomic mass is 9.90. The highest BCUT2D eigenvalue weighted by molar-refractivity contribution is 5.84. The smallest absolute Gasteiger partial charge is 0.317 e. The van der Waals surface area contributed by atoms with E-state index < -0.39 is 0 Å². The van der Waals surface area contributed by atoms with Gasteiger partial charge in [0.05, 0.1) is 6.54 Å². The Balaban J connectivity index is 1.14. The van der Waals surface area contributed by atoms with E-state index in [1.165, 1.54) is 5.56 Å². The zero-order chi connectivity index (χ0) is 23.2. The van der Waals surface area contributed by atoms with Gasteiger partial charge >= 0.3 is 6.03 Å². The summed E-state index contributed by atoms with van der Waals surface area (Å²) in [5, 5.41) is 2.89. The molecule has 3 aliphatic heterocycles. The number of hydrogen-bond acceptors (Lipinski definition) is 4. The first-order valence-electron chi connectivity index (χ1n) is 12.8. The van der Waals surface area contributed by atoms with E-state index in [9.17, 15) is 9.59 Å². The number of likely N-dealkylation sites (tertiary alicyclic amines) is 2. The van der Waals surface area contributed by atoms with Gasteiger partial charge in [-0.3, -0.25) is 14.6 Å². The molecule has 3 aliphatic rings. The SMILES string of the molecule is CC(C)N1CCN(C2CCN(C(=O)NCC(=O)N3CCC(Cc4ccccc4)CC3)C2)CC1. The fraction of sp³-hybridized carbons (Fsp3) is 0.692. The maximum Gasteiger partial charge on any atom is 0.317 e. The summed E-state index contributed by atoms with van der Waals surface area (Å²) < 4.78 is 0. The van der Waals surface area contributed by atoms with Gasteiger partial charge in [0.25, 0.3) is 0 Å². The zero-order valence-corrected chi connectivity index (χ0v) is 20.4. The summed E-state index contributed by atoms with van der Waals surface area (Å²) in [6.07, 6.45) is 4.18. The Morgan fingerprint density at radius 1 is 0.909 bits per heavy atom. The van der Waals surface area contributed by atoms with Crippen molar-refractivity contribution < 1.29 is 9.59 Å². The summed E-state index contributed by atoms with van der Waals surface area (Å²) in [6, 6.07) is 11.6. The summed E-state index contributed by atoms with van der Waals surface area (Å²) in [4.78, 5) is 34.2. The molecule has 7 nitrogen and oxygen atoms in total. The highest BCUT2D eigenvalue weighted by Crippen LogP contribution is 2.22. The van der Waals surface area contributed by atoms with E-state index >= 15 is 0 Å². The van der Waals surface area contributed by atoms with Crippen molar-refractivity contribution in [2.75, 3.05) is 58.9 Å². The zero-order valence-electron chi connectivity index (χ0n) is 20.4. The monoisotopic (exact) mass is 455 g/mol. The Morgan fingerprint density at radius 2 is 1.58 bits per heavy atom. The molecular weight excluding hydrogens is 414 g/mol. The lowest BCUT2D eigenvalue weighted by molar-refractivity contribution is -0.131. The molecule has 3 amide bonds. The fourth-order valence-corrected chi connectivity index (χ4v) is 5.55. The van der Waals surface area contributed by atoms with Gasteiger partial charge < -0.3 is 15.1 Å². The normalized spacial score (nSPS) is 23.3. The van der Waals surface area contributed by atoms with E-state index in [-0.39, 0.29) is 18.5 Å². The quantitative estimate of drug-likeness (QED) is 0.715. The number of carbonyl (C=O) groups is 2. The van der Waals surface area contributed by atoms with Gasteiger partial charge in [0.15, 0.2) is 0 Å². The van der Waals surface area contributed by atoms with Crippen LogP contribution in [0.1, 0.15) is 38.7 Å². The average molecular weight is 456 g/mol. The standard InChI is InChI=1S/C26H41N5O2/c1-21(2)28-14-16-29(17-15-28)24-10-13-31(20-24)26(33)27-19-25(32)30-11-8-23(9-12-30)18-22-6-4-3-5-7-22/h3-7,21,23-24H,8-20H2,1-2H3,(H,27,33). The molecule has 3 heterocycles. The first-order chi connectivity index (χ1) is 16.0. The molecule has 3 fully saturated rings. The number of piperidine rings is 1. The van der Waals surface area contributed by atoms with Crippen molar-refractivity contribution in [3.05, 3.63) is 35.9 Å².